The minimum absolute atomic E-state index is 0.472. The maximum absolute atomic E-state index is 5.50. The first-order valence-electron chi connectivity index (χ1n) is 6.63. The molecule has 0 bridgehead atoms. The van der Waals surface area contributed by atoms with Gasteiger partial charge in [-0.1, -0.05) is 31.2 Å². The summed E-state index contributed by atoms with van der Waals surface area (Å²) in [5, 5.41) is 3.48. The van der Waals surface area contributed by atoms with E-state index in [0.717, 1.165) is 32.6 Å². The third-order valence-corrected chi connectivity index (χ3v) is 3.04. The highest BCUT2D eigenvalue weighted by Gasteiger charge is 2.08. The summed E-state index contributed by atoms with van der Waals surface area (Å²) in [5.41, 5.74) is 2.84. The van der Waals surface area contributed by atoms with Crippen molar-refractivity contribution in [3.05, 3.63) is 35.4 Å². The number of hydrogen-bond acceptors (Lipinski definition) is 2. The second-order valence-corrected chi connectivity index (χ2v) is 4.38. The summed E-state index contributed by atoms with van der Waals surface area (Å²) < 4.78 is 5.50. The molecule has 1 aromatic rings. The standard InChI is InChI=1S/C15H25NO/c1-4-16-15(12-17-5-2)11-10-14-9-7-6-8-13(14)3/h6-9,15-16H,4-5,10-12H2,1-3H3. The van der Waals surface area contributed by atoms with Crippen LogP contribution >= 0.6 is 0 Å². The molecular weight excluding hydrogens is 210 g/mol. The Bertz CT molecular complexity index is 312. The Labute approximate surface area is 105 Å². The molecule has 0 aromatic heterocycles. The highest BCUT2D eigenvalue weighted by atomic mass is 16.5. The lowest BCUT2D eigenvalue weighted by molar-refractivity contribution is 0.120. The van der Waals surface area contributed by atoms with Crippen LogP contribution in [-0.2, 0) is 11.2 Å². The van der Waals surface area contributed by atoms with Gasteiger partial charge in [-0.2, -0.15) is 0 Å². The third-order valence-electron chi connectivity index (χ3n) is 3.04. The molecule has 1 N–H and O–H groups in total. The Kier molecular flexibility index (Phi) is 6.90. The van der Waals surface area contributed by atoms with Crippen molar-refractivity contribution in [3.8, 4) is 0 Å². The third kappa shape index (κ3) is 5.33. The summed E-state index contributed by atoms with van der Waals surface area (Å²) in [6, 6.07) is 9.09. The Morgan fingerprint density at radius 3 is 2.65 bits per heavy atom. The predicted octanol–water partition coefficient (Wildman–Crippen LogP) is 2.94. The van der Waals surface area contributed by atoms with Crippen molar-refractivity contribution < 1.29 is 4.74 Å². The zero-order valence-corrected chi connectivity index (χ0v) is 11.3. The second kappa shape index (κ2) is 8.26. The van der Waals surface area contributed by atoms with E-state index in [-0.39, 0.29) is 0 Å². The van der Waals surface area contributed by atoms with Crippen LogP contribution in [-0.4, -0.2) is 25.8 Å². The smallest absolute Gasteiger partial charge is 0.0619 e. The summed E-state index contributed by atoms with van der Waals surface area (Å²) in [7, 11) is 0. The van der Waals surface area contributed by atoms with Crippen molar-refractivity contribution >= 4 is 0 Å². The van der Waals surface area contributed by atoms with Gasteiger partial charge in [0.15, 0.2) is 0 Å². The molecule has 0 radical (unpaired) electrons. The van der Waals surface area contributed by atoms with Crippen LogP contribution in [0.5, 0.6) is 0 Å². The molecule has 1 rings (SSSR count). The summed E-state index contributed by atoms with van der Waals surface area (Å²) in [6.45, 7) is 8.99. The van der Waals surface area contributed by atoms with Gasteiger partial charge in [-0.3, -0.25) is 0 Å². The fraction of sp³-hybridized carbons (Fsp3) is 0.600. The first-order chi connectivity index (χ1) is 8.27. The Balaban J connectivity index is 2.42. The Hall–Kier alpha value is -0.860. The molecule has 0 aliphatic carbocycles. The van der Waals surface area contributed by atoms with E-state index >= 15 is 0 Å². The molecule has 17 heavy (non-hydrogen) atoms. The largest absolute Gasteiger partial charge is 0.380 e. The highest BCUT2D eigenvalue weighted by Crippen LogP contribution is 2.11. The monoisotopic (exact) mass is 235 g/mol. The Morgan fingerprint density at radius 2 is 2.00 bits per heavy atom. The van der Waals surface area contributed by atoms with E-state index in [0.29, 0.717) is 6.04 Å². The van der Waals surface area contributed by atoms with Gasteiger partial charge in [0.05, 0.1) is 6.61 Å². The van der Waals surface area contributed by atoms with Crippen LogP contribution in [0.3, 0.4) is 0 Å². The van der Waals surface area contributed by atoms with Crippen molar-refractivity contribution in [2.24, 2.45) is 0 Å². The molecule has 1 atom stereocenters. The van der Waals surface area contributed by atoms with Crippen LogP contribution in [0.1, 0.15) is 31.4 Å². The normalized spacial score (nSPS) is 12.6. The average Bonchev–Trinajstić information content (AvgIpc) is 2.34. The van der Waals surface area contributed by atoms with Crippen LogP contribution in [0.15, 0.2) is 24.3 Å². The molecule has 2 nitrogen and oxygen atoms in total. The maximum atomic E-state index is 5.50. The minimum atomic E-state index is 0.472. The van der Waals surface area contributed by atoms with Gasteiger partial charge in [0.25, 0.3) is 0 Å². The fourth-order valence-electron chi connectivity index (χ4n) is 2.01. The summed E-state index contributed by atoms with van der Waals surface area (Å²) in [6.07, 6.45) is 2.26. The first kappa shape index (κ1) is 14.2. The minimum Gasteiger partial charge on any atom is -0.380 e. The lowest BCUT2D eigenvalue weighted by atomic mass is 10.0. The van der Waals surface area contributed by atoms with E-state index in [1.165, 1.54) is 11.1 Å². The SMILES string of the molecule is CCNC(CCc1ccccc1C)COCC. The van der Waals surface area contributed by atoms with Gasteiger partial charge in [0.1, 0.15) is 0 Å². The average molecular weight is 235 g/mol. The zero-order valence-electron chi connectivity index (χ0n) is 11.3. The molecule has 0 aliphatic heterocycles. The summed E-state index contributed by atoms with van der Waals surface area (Å²) in [4.78, 5) is 0. The van der Waals surface area contributed by atoms with Crippen molar-refractivity contribution in [2.75, 3.05) is 19.8 Å². The molecule has 2 heteroatoms. The molecule has 0 spiro atoms. The number of nitrogens with one attached hydrogen (secondary N) is 1. The number of benzene rings is 1. The van der Waals surface area contributed by atoms with Gasteiger partial charge < -0.3 is 10.1 Å². The van der Waals surface area contributed by atoms with E-state index in [1.54, 1.807) is 0 Å². The van der Waals surface area contributed by atoms with Crippen LogP contribution in [0.2, 0.25) is 0 Å². The van der Waals surface area contributed by atoms with Crippen LogP contribution in [0.4, 0.5) is 0 Å². The van der Waals surface area contributed by atoms with Crippen molar-refractivity contribution in [1.82, 2.24) is 5.32 Å². The highest BCUT2D eigenvalue weighted by molar-refractivity contribution is 5.25. The quantitative estimate of drug-likeness (QED) is 0.748. The van der Waals surface area contributed by atoms with Crippen LogP contribution in [0, 0.1) is 6.92 Å². The topological polar surface area (TPSA) is 21.3 Å². The van der Waals surface area contributed by atoms with Gasteiger partial charge in [0.2, 0.25) is 0 Å². The van der Waals surface area contributed by atoms with Gasteiger partial charge in [-0.25, -0.2) is 0 Å². The zero-order chi connectivity index (χ0) is 12.5. The number of hydrogen-bond donors (Lipinski definition) is 1. The molecule has 0 aliphatic rings. The van der Waals surface area contributed by atoms with Gasteiger partial charge in [0, 0.05) is 12.6 Å². The van der Waals surface area contributed by atoms with Crippen molar-refractivity contribution in [2.45, 2.75) is 39.7 Å². The lowest BCUT2D eigenvalue weighted by Gasteiger charge is -2.18. The molecular formula is C15H25NO. The van der Waals surface area contributed by atoms with Gasteiger partial charge in [-0.15, -0.1) is 0 Å². The number of likely N-dealkylation sites (N-methyl/N-ethyl adjacent to an activating group) is 1. The van der Waals surface area contributed by atoms with Crippen LogP contribution < -0.4 is 5.32 Å². The molecule has 1 aromatic carbocycles. The van der Waals surface area contributed by atoms with Gasteiger partial charge >= 0.3 is 0 Å². The molecule has 0 amide bonds. The summed E-state index contributed by atoms with van der Waals surface area (Å²) in [5.74, 6) is 0. The molecule has 0 heterocycles. The molecule has 1 unspecified atom stereocenters. The molecule has 0 saturated carbocycles. The van der Waals surface area contributed by atoms with E-state index in [4.69, 9.17) is 4.74 Å². The van der Waals surface area contributed by atoms with E-state index in [9.17, 15) is 0 Å². The van der Waals surface area contributed by atoms with E-state index in [2.05, 4.69) is 43.4 Å². The summed E-state index contributed by atoms with van der Waals surface area (Å²) >= 11 is 0. The lowest BCUT2D eigenvalue weighted by Crippen LogP contribution is -2.33. The first-order valence-corrected chi connectivity index (χ1v) is 6.63. The van der Waals surface area contributed by atoms with Crippen molar-refractivity contribution in [3.63, 3.8) is 0 Å². The number of aryl methyl sites for hydroxylation is 2. The Morgan fingerprint density at radius 1 is 1.24 bits per heavy atom. The maximum Gasteiger partial charge on any atom is 0.0619 e. The number of ether oxygens (including phenoxy) is 1. The fourth-order valence-corrected chi connectivity index (χ4v) is 2.01. The molecule has 0 saturated heterocycles. The van der Waals surface area contributed by atoms with Gasteiger partial charge in [-0.05, 0) is 44.4 Å². The van der Waals surface area contributed by atoms with E-state index in [1.807, 2.05) is 6.92 Å². The second-order valence-electron chi connectivity index (χ2n) is 4.38. The van der Waals surface area contributed by atoms with E-state index < -0.39 is 0 Å². The van der Waals surface area contributed by atoms with Crippen molar-refractivity contribution in [1.29, 1.82) is 0 Å². The predicted molar refractivity (Wildman–Crippen MR) is 73.5 cm³/mol. The molecule has 96 valence electrons. The van der Waals surface area contributed by atoms with Crippen LogP contribution in [0.25, 0.3) is 0 Å². The molecule has 0 fully saturated rings. The number of rotatable bonds is 8.